The molecular formula is C15H10Br2ClF3. The highest BCUT2D eigenvalue weighted by Crippen LogP contribution is 2.35. The van der Waals surface area contributed by atoms with E-state index < -0.39 is 11.7 Å². The van der Waals surface area contributed by atoms with Crippen molar-refractivity contribution in [2.24, 2.45) is 0 Å². The zero-order valence-electron chi connectivity index (χ0n) is 10.6. The Balaban J connectivity index is 2.16. The minimum Gasteiger partial charge on any atom is -0.166 e. The zero-order chi connectivity index (χ0) is 15.6. The molecule has 1 atom stereocenters. The van der Waals surface area contributed by atoms with Gasteiger partial charge in [0, 0.05) is 14.3 Å². The highest BCUT2D eigenvalue weighted by Gasteiger charge is 2.30. The second-order valence-corrected chi connectivity index (χ2v) is 6.96. The van der Waals surface area contributed by atoms with Crippen LogP contribution in [0.15, 0.2) is 46.9 Å². The van der Waals surface area contributed by atoms with Crippen LogP contribution in [0.2, 0.25) is 5.02 Å². The van der Waals surface area contributed by atoms with Crippen LogP contribution in [0, 0.1) is 0 Å². The number of alkyl halides is 4. The standard InChI is InChI=1S/C15H10Br2ClF3/c16-11-5-6-14(18)12(8-11)13(17)7-9-1-3-10(4-2-9)15(19,20)21/h1-6,8,13H,7H2. The highest BCUT2D eigenvalue weighted by molar-refractivity contribution is 9.10. The molecule has 0 saturated heterocycles. The van der Waals surface area contributed by atoms with Crippen molar-refractivity contribution in [2.75, 3.05) is 0 Å². The maximum atomic E-state index is 12.5. The number of hydrogen-bond donors (Lipinski definition) is 0. The zero-order valence-corrected chi connectivity index (χ0v) is 14.5. The Morgan fingerprint density at radius 2 is 1.67 bits per heavy atom. The minimum absolute atomic E-state index is 0.0702. The molecule has 0 bridgehead atoms. The van der Waals surface area contributed by atoms with Crippen molar-refractivity contribution in [3.63, 3.8) is 0 Å². The molecule has 0 fully saturated rings. The van der Waals surface area contributed by atoms with Gasteiger partial charge in [-0.05, 0) is 47.9 Å². The molecule has 0 nitrogen and oxygen atoms in total. The minimum atomic E-state index is -4.31. The number of hydrogen-bond acceptors (Lipinski definition) is 0. The van der Waals surface area contributed by atoms with E-state index in [1.54, 1.807) is 6.07 Å². The first kappa shape index (κ1) is 16.8. The van der Waals surface area contributed by atoms with Crippen molar-refractivity contribution >= 4 is 43.5 Å². The lowest BCUT2D eigenvalue weighted by atomic mass is 10.0. The normalized spacial score (nSPS) is 13.2. The molecule has 0 aromatic heterocycles. The molecule has 0 aliphatic heterocycles. The average molecular weight is 442 g/mol. The summed E-state index contributed by atoms with van der Waals surface area (Å²) in [5, 5.41) is 0.618. The first-order chi connectivity index (χ1) is 9.77. The first-order valence-corrected chi connectivity index (χ1v) is 8.11. The van der Waals surface area contributed by atoms with E-state index in [0.29, 0.717) is 11.4 Å². The number of halogens is 6. The Bertz CT molecular complexity index is 624. The molecular weight excluding hydrogens is 432 g/mol. The van der Waals surface area contributed by atoms with Crippen LogP contribution in [-0.4, -0.2) is 0 Å². The predicted molar refractivity (Wildman–Crippen MR) is 86.0 cm³/mol. The Labute approximate surface area is 142 Å². The first-order valence-electron chi connectivity index (χ1n) is 6.02. The maximum absolute atomic E-state index is 12.5. The lowest BCUT2D eigenvalue weighted by molar-refractivity contribution is -0.137. The second kappa shape index (κ2) is 6.71. The summed E-state index contributed by atoms with van der Waals surface area (Å²) < 4.78 is 38.4. The van der Waals surface area contributed by atoms with E-state index in [1.165, 1.54) is 12.1 Å². The molecule has 2 aromatic rings. The second-order valence-electron chi connectivity index (χ2n) is 4.53. The predicted octanol–water partition coefficient (Wildman–Crippen LogP) is 6.80. The van der Waals surface area contributed by atoms with Crippen LogP contribution in [0.3, 0.4) is 0 Å². The van der Waals surface area contributed by atoms with Gasteiger partial charge >= 0.3 is 6.18 Å². The average Bonchev–Trinajstić information content (AvgIpc) is 2.41. The molecule has 0 aliphatic rings. The van der Waals surface area contributed by atoms with Gasteiger partial charge in [-0.3, -0.25) is 0 Å². The lowest BCUT2D eigenvalue weighted by Crippen LogP contribution is -2.05. The molecule has 2 rings (SSSR count). The van der Waals surface area contributed by atoms with E-state index in [4.69, 9.17) is 11.6 Å². The lowest BCUT2D eigenvalue weighted by Gasteiger charge is -2.13. The largest absolute Gasteiger partial charge is 0.416 e. The van der Waals surface area contributed by atoms with Crippen molar-refractivity contribution in [2.45, 2.75) is 17.4 Å². The van der Waals surface area contributed by atoms with Crippen molar-refractivity contribution in [3.8, 4) is 0 Å². The molecule has 112 valence electrons. The summed E-state index contributed by atoms with van der Waals surface area (Å²) >= 11 is 13.1. The van der Waals surface area contributed by atoms with E-state index in [2.05, 4.69) is 31.9 Å². The molecule has 2 aromatic carbocycles. The van der Waals surface area contributed by atoms with E-state index in [0.717, 1.165) is 27.7 Å². The van der Waals surface area contributed by atoms with Gasteiger partial charge in [0.1, 0.15) is 0 Å². The van der Waals surface area contributed by atoms with Crippen molar-refractivity contribution in [1.82, 2.24) is 0 Å². The van der Waals surface area contributed by atoms with Gasteiger partial charge in [0.15, 0.2) is 0 Å². The molecule has 0 amide bonds. The number of rotatable bonds is 3. The van der Waals surface area contributed by atoms with Gasteiger partial charge in [0.2, 0.25) is 0 Å². The summed E-state index contributed by atoms with van der Waals surface area (Å²) in [6.45, 7) is 0. The van der Waals surface area contributed by atoms with Gasteiger partial charge in [-0.15, -0.1) is 0 Å². The summed E-state index contributed by atoms with van der Waals surface area (Å²) in [4.78, 5) is -0.0702. The monoisotopic (exact) mass is 440 g/mol. The molecule has 0 aliphatic carbocycles. The van der Waals surface area contributed by atoms with Crippen LogP contribution < -0.4 is 0 Å². The van der Waals surface area contributed by atoms with E-state index >= 15 is 0 Å². The van der Waals surface area contributed by atoms with Gasteiger partial charge < -0.3 is 0 Å². The summed E-state index contributed by atoms with van der Waals surface area (Å²) in [5.41, 5.74) is 1.06. The topological polar surface area (TPSA) is 0 Å². The molecule has 0 saturated carbocycles. The van der Waals surface area contributed by atoms with Gasteiger partial charge in [0.25, 0.3) is 0 Å². The van der Waals surface area contributed by atoms with Crippen LogP contribution in [0.25, 0.3) is 0 Å². The van der Waals surface area contributed by atoms with Crippen LogP contribution in [-0.2, 0) is 12.6 Å². The summed E-state index contributed by atoms with van der Waals surface area (Å²) in [5.74, 6) is 0. The van der Waals surface area contributed by atoms with Crippen molar-refractivity contribution in [3.05, 3.63) is 68.7 Å². The van der Waals surface area contributed by atoms with E-state index in [1.807, 2.05) is 12.1 Å². The molecule has 0 spiro atoms. The van der Waals surface area contributed by atoms with Gasteiger partial charge in [-0.25, -0.2) is 0 Å². The quantitative estimate of drug-likeness (QED) is 0.459. The van der Waals surface area contributed by atoms with Crippen molar-refractivity contribution in [1.29, 1.82) is 0 Å². The van der Waals surface area contributed by atoms with Gasteiger partial charge in [-0.1, -0.05) is 55.6 Å². The summed E-state index contributed by atoms with van der Waals surface area (Å²) in [6, 6.07) is 10.7. The summed E-state index contributed by atoms with van der Waals surface area (Å²) in [6.07, 6.45) is -3.76. The van der Waals surface area contributed by atoms with Crippen LogP contribution >= 0.6 is 43.5 Å². The number of benzene rings is 2. The molecule has 1 unspecified atom stereocenters. The Hall–Kier alpha value is -0.520. The Morgan fingerprint density at radius 3 is 2.24 bits per heavy atom. The van der Waals surface area contributed by atoms with Crippen LogP contribution in [0.4, 0.5) is 13.2 Å². The van der Waals surface area contributed by atoms with Crippen molar-refractivity contribution < 1.29 is 13.2 Å². The Morgan fingerprint density at radius 1 is 1.05 bits per heavy atom. The molecule has 0 radical (unpaired) electrons. The third-order valence-corrected chi connectivity index (χ3v) is 4.65. The highest BCUT2D eigenvalue weighted by atomic mass is 79.9. The molecule has 0 N–H and O–H groups in total. The third kappa shape index (κ3) is 4.47. The molecule has 21 heavy (non-hydrogen) atoms. The SMILES string of the molecule is FC(F)(F)c1ccc(CC(Br)c2cc(Br)ccc2Cl)cc1. The molecule has 6 heteroatoms. The maximum Gasteiger partial charge on any atom is 0.416 e. The smallest absolute Gasteiger partial charge is 0.166 e. The van der Waals surface area contributed by atoms with E-state index in [-0.39, 0.29) is 4.83 Å². The molecule has 0 heterocycles. The third-order valence-electron chi connectivity index (χ3n) is 2.99. The van der Waals surface area contributed by atoms with Crippen LogP contribution in [0.5, 0.6) is 0 Å². The fourth-order valence-corrected chi connectivity index (χ4v) is 3.41. The van der Waals surface area contributed by atoms with Gasteiger partial charge in [0.05, 0.1) is 5.56 Å². The fraction of sp³-hybridized carbons (Fsp3) is 0.200. The van der Waals surface area contributed by atoms with Crippen LogP contribution in [0.1, 0.15) is 21.5 Å². The fourth-order valence-electron chi connectivity index (χ4n) is 1.90. The van der Waals surface area contributed by atoms with E-state index in [9.17, 15) is 13.2 Å². The Kier molecular flexibility index (Phi) is 5.38. The van der Waals surface area contributed by atoms with Gasteiger partial charge in [-0.2, -0.15) is 13.2 Å². The summed E-state index contributed by atoms with van der Waals surface area (Å²) in [7, 11) is 0.